The van der Waals surface area contributed by atoms with E-state index in [1.54, 1.807) is 11.8 Å². The van der Waals surface area contributed by atoms with E-state index in [-0.39, 0.29) is 11.9 Å². The van der Waals surface area contributed by atoms with Gasteiger partial charge in [0.1, 0.15) is 0 Å². The zero-order valence-corrected chi connectivity index (χ0v) is 16.7. The molecule has 0 bridgehead atoms. The largest absolute Gasteiger partial charge is 0.349 e. The van der Waals surface area contributed by atoms with Crippen LogP contribution in [0.4, 0.5) is 0 Å². The molecule has 1 atom stereocenters. The van der Waals surface area contributed by atoms with Gasteiger partial charge in [-0.25, -0.2) is 0 Å². The molecule has 0 radical (unpaired) electrons. The van der Waals surface area contributed by atoms with Crippen LogP contribution in [-0.2, 0) is 4.79 Å². The highest BCUT2D eigenvalue weighted by atomic mass is 35.5. The smallest absolute Gasteiger partial charge is 0.220 e. The Morgan fingerprint density at radius 3 is 2.48 bits per heavy atom. The zero-order chi connectivity index (χ0) is 18.2. The number of amides is 1. The van der Waals surface area contributed by atoms with E-state index in [0.717, 1.165) is 23.6 Å². The van der Waals surface area contributed by atoms with Crippen LogP contribution in [0.2, 0.25) is 5.02 Å². The van der Waals surface area contributed by atoms with E-state index >= 15 is 0 Å². The molecule has 0 spiro atoms. The zero-order valence-electron chi connectivity index (χ0n) is 15.1. The summed E-state index contributed by atoms with van der Waals surface area (Å²) in [5, 5.41) is 3.92. The molecule has 0 aromatic heterocycles. The minimum absolute atomic E-state index is 0.0933. The van der Waals surface area contributed by atoms with Crippen molar-refractivity contribution >= 4 is 29.3 Å². The van der Waals surface area contributed by atoms with Crippen LogP contribution in [0.3, 0.4) is 0 Å². The van der Waals surface area contributed by atoms with Crippen molar-refractivity contribution in [2.24, 2.45) is 0 Å². The average Bonchev–Trinajstić information content (AvgIpc) is 2.60. The Bertz CT molecular complexity index is 700. The number of aryl methyl sites for hydroxylation is 2. The monoisotopic (exact) mass is 375 g/mol. The third-order valence-corrected chi connectivity index (χ3v) is 5.66. The van der Waals surface area contributed by atoms with Crippen LogP contribution in [0, 0.1) is 13.8 Å². The first-order valence-electron chi connectivity index (χ1n) is 8.74. The summed E-state index contributed by atoms with van der Waals surface area (Å²) in [6, 6.07) is 14.3. The van der Waals surface area contributed by atoms with Crippen LogP contribution in [0.5, 0.6) is 0 Å². The first-order valence-corrected chi connectivity index (χ1v) is 10.1. The fourth-order valence-corrected chi connectivity index (χ4v) is 3.60. The van der Waals surface area contributed by atoms with E-state index in [0.29, 0.717) is 6.42 Å². The average molecular weight is 376 g/mol. The Hall–Kier alpha value is -1.45. The van der Waals surface area contributed by atoms with Gasteiger partial charge in [-0.3, -0.25) is 4.79 Å². The standard InChI is InChI=1S/C21H26ClNOS/c1-4-20(17-8-7-15(2)16(3)14-17)23-21(24)6-5-13-25-19-11-9-18(22)10-12-19/h7-12,14,20H,4-6,13H2,1-3H3,(H,23,24). The molecular weight excluding hydrogens is 350 g/mol. The predicted octanol–water partition coefficient (Wildman–Crippen LogP) is 6.10. The summed E-state index contributed by atoms with van der Waals surface area (Å²) in [6.07, 6.45) is 2.32. The highest BCUT2D eigenvalue weighted by Gasteiger charge is 2.13. The molecule has 0 heterocycles. The van der Waals surface area contributed by atoms with E-state index in [9.17, 15) is 4.79 Å². The molecular formula is C21H26ClNOS. The summed E-state index contributed by atoms with van der Waals surface area (Å²) >= 11 is 7.64. The maximum Gasteiger partial charge on any atom is 0.220 e. The first-order chi connectivity index (χ1) is 12.0. The summed E-state index contributed by atoms with van der Waals surface area (Å²) in [7, 11) is 0. The third-order valence-electron chi connectivity index (χ3n) is 4.31. The van der Waals surface area contributed by atoms with Gasteiger partial charge in [-0.05, 0) is 73.4 Å². The minimum atomic E-state index is 0.0933. The third kappa shape index (κ3) is 6.41. The number of benzene rings is 2. The SMILES string of the molecule is CCC(NC(=O)CCCSc1ccc(Cl)cc1)c1ccc(C)c(C)c1. The number of halogens is 1. The molecule has 2 aromatic carbocycles. The molecule has 0 fully saturated rings. The minimum Gasteiger partial charge on any atom is -0.349 e. The van der Waals surface area contributed by atoms with Crippen molar-refractivity contribution in [2.45, 2.75) is 51.0 Å². The topological polar surface area (TPSA) is 29.1 Å². The summed E-state index contributed by atoms with van der Waals surface area (Å²) in [5.74, 6) is 1.05. The van der Waals surface area contributed by atoms with E-state index < -0.39 is 0 Å². The normalized spacial score (nSPS) is 12.0. The van der Waals surface area contributed by atoms with Crippen LogP contribution >= 0.6 is 23.4 Å². The van der Waals surface area contributed by atoms with Gasteiger partial charge >= 0.3 is 0 Å². The molecule has 0 saturated heterocycles. The molecule has 134 valence electrons. The van der Waals surface area contributed by atoms with Crippen LogP contribution in [-0.4, -0.2) is 11.7 Å². The summed E-state index contributed by atoms with van der Waals surface area (Å²) in [5.41, 5.74) is 3.74. The molecule has 25 heavy (non-hydrogen) atoms. The quantitative estimate of drug-likeness (QED) is 0.446. The highest BCUT2D eigenvalue weighted by Crippen LogP contribution is 2.22. The summed E-state index contributed by atoms with van der Waals surface area (Å²) in [6.45, 7) is 6.33. The second-order valence-corrected chi connectivity index (χ2v) is 7.88. The molecule has 2 nitrogen and oxygen atoms in total. The number of carbonyl (C=O) groups excluding carboxylic acids is 1. The predicted molar refractivity (Wildman–Crippen MR) is 109 cm³/mol. The highest BCUT2D eigenvalue weighted by molar-refractivity contribution is 7.99. The lowest BCUT2D eigenvalue weighted by atomic mass is 9.99. The lowest BCUT2D eigenvalue weighted by Crippen LogP contribution is -2.28. The number of nitrogens with one attached hydrogen (secondary N) is 1. The van der Waals surface area contributed by atoms with E-state index in [2.05, 4.69) is 44.3 Å². The van der Waals surface area contributed by atoms with Gasteiger partial charge in [-0.15, -0.1) is 11.8 Å². The molecule has 0 saturated carbocycles. The van der Waals surface area contributed by atoms with Gasteiger partial charge in [-0.2, -0.15) is 0 Å². The molecule has 2 aromatic rings. The number of thioether (sulfide) groups is 1. The van der Waals surface area contributed by atoms with Gasteiger partial charge in [0, 0.05) is 16.3 Å². The molecule has 0 aliphatic carbocycles. The summed E-state index contributed by atoms with van der Waals surface area (Å²) in [4.78, 5) is 13.4. The Kier molecular flexibility index (Phi) is 7.86. The van der Waals surface area contributed by atoms with Crippen molar-refractivity contribution in [3.05, 3.63) is 64.2 Å². The van der Waals surface area contributed by atoms with Gasteiger partial charge in [0.05, 0.1) is 6.04 Å². The van der Waals surface area contributed by atoms with Gasteiger partial charge in [0.2, 0.25) is 5.91 Å². The Balaban J connectivity index is 1.77. The molecule has 2 rings (SSSR count). The van der Waals surface area contributed by atoms with Crippen LogP contribution in [0.15, 0.2) is 47.4 Å². The lowest BCUT2D eigenvalue weighted by molar-refractivity contribution is -0.121. The molecule has 1 amide bonds. The van der Waals surface area contributed by atoms with Gasteiger partial charge in [-0.1, -0.05) is 36.7 Å². The second kappa shape index (κ2) is 9.88. The number of rotatable bonds is 8. The van der Waals surface area contributed by atoms with E-state index in [1.807, 2.05) is 24.3 Å². The molecule has 4 heteroatoms. The maximum absolute atomic E-state index is 12.3. The number of carbonyl (C=O) groups is 1. The molecule has 1 unspecified atom stereocenters. The van der Waals surface area contributed by atoms with E-state index in [1.165, 1.54) is 21.6 Å². The van der Waals surface area contributed by atoms with Crippen molar-refractivity contribution in [1.29, 1.82) is 0 Å². The summed E-state index contributed by atoms with van der Waals surface area (Å²) < 4.78 is 0. The molecule has 0 aliphatic heterocycles. The Labute approximate surface area is 160 Å². The van der Waals surface area contributed by atoms with Gasteiger partial charge in [0.25, 0.3) is 0 Å². The van der Waals surface area contributed by atoms with Crippen molar-refractivity contribution in [2.75, 3.05) is 5.75 Å². The number of hydrogen-bond acceptors (Lipinski definition) is 2. The van der Waals surface area contributed by atoms with Crippen LogP contribution in [0.1, 0.15) is 48.9 Å². The molecule has 1 N–H and O–H groups in total. The number of hydrogen-bond donors (Lipinski definition) is 1. The molecule has 0 aliphatic rings. The maximum atomic E-state index is 12.3. The van der Waals surface area contributed by atoms with Crippen molar-refractivity contribution < 1.29 is 4.79 Å². The van der Waals surface area contributed by atoms with Gasteiger partial charge < -0.3 is 5.32 Å². The second-order valence-electron chi connectivity index (χ2n) is 6.28. The van der Waals surface area contributed by atoms with Gasteiger partial charge in [0.15, 0.2) is 0 Å². The van der Waals surface area contributed by atoms with Crippen LogP contribution < -0.4 is 5.32 Å². The van der Waals surface area contributed by atoms with Crippen molar-refractivity contribution in [3.8, 4) is 0 Å². The lowest BCUT2D eigenvalue weighted by Gasteiger charge is -2.18. The Morgan fingerprint density at radius 1 is 1.12 bits per heavy atom. The Morgan fingerprint density at radius 2 is 1.84 bits per heavy atom. The fraction of sp³-hybridized carbons (Fsp3) is 0.381. The van der Waals surface area contributed by atoms with Crippen molar-refractivity contribution in [1.82, 2.24) is 5.32 Å². The first kappa shape index (κ1) is 19.9. The fourth-order valence-electron chi connectivity index (χ4n) is 2.62. The van der Waals surface area contributed by atoms with E-state index in [4.69, 9.17) is 11.6 Å². The van der Waals surface area contributed by atoms with Crippen molar-refractivity contribution in [3.63, 3.8) is 0 Å². The van der Waals surface area contributed by atoms with Crippen LogP contribution in [0.25, 0.3) is 0 Å².